The van der Waals surface area contributed by atoms with Crippen LogP contribution >= 0.6 is 0 Å². The minimum atomic E-state index is 0.566. The molecule has 0 radical (unpaired) electrons. The van der Waals surface area contributed by atoms with E-state index in [2.05, 4.69) is 24.2 Å². The maximum atomic E-state index is 3.41. The van der Waals surface area contributed by atoms with Gasteiger partial charge in [0.2, 0.25) is 0 Å². The van der Waals surface area contributed by atoms with Crippen LogP contribution in [-0.4, -0.2) is 36.6 Å². The molecule has 1 atom stereocenters. The smallest absolute Gasteiger partial charge is 0.0235 e. The zero-order valence-corrected chi connectivity index (χ0v) is 7.56. The van der Waals surface area contributed by atoms with Crippen molar-refractivity contribution in [2.24, 2.45) is 0 Å². The van der Waals surface area contributed by atoms with Crippen molar-refractivity contribution < 1.29 is 0 Å². The van der Waals surface area contributed by atoms with Crippen LogP contribution in [0, 0.1) is 0 Å². The molecule has 1 heterocycles. The molecule has 0 aromatic heterocycles. The standard InChI is InChI=1S/C9H18N2/c1-9(4-5-9)11(2)8-3-6-10-7-8/h8,10H,3-7H2,1-2H3. The molecule has 1 aliphatic carbocycles. The van der Waals surface area contributed by atoms with E-state index in [0.717, 1.165) is 6.04 Å². The van der Waals surface area contributed by atoms with Crippen LogP contribution in [0.2, 0.25) is 0 Å². The lowest BCUT2D eigenvalue weighted by molar-refractivity contribution is 0.178. The lowest BCUT2D eigenvalue weighted by atomic mass is 10.1. The second-order valence-corrected chi connectivity index (χ2v) is 4.25. The van der Waals surface area contributed by atoms with Gasteiger partial charge in [0.15, 0.2) is 0 Å². The predicted molar refractivity (Wildman–Crippen MR) is 46.7 cm³/mol. The van der Waals surface area contributed by atoms with Crippen LogP contribution in [-0.2, 0) is 0 Å². The van der Waals surface area contributed by atoms with Crippen molar-refractivity contribution in [3.63, 3.8) is 0 Å². The van der Waals surface area contributed by atoms with Crippen molar-refractivity contribution in [2.45, 2.75) is 37.8 Å². The molecule has 1 saturated carbocycles. The Labute approximate surface area is 69.0 Å². The Balaban J connectivity index is 1.93. The Kier molecular flexibility index (Phi) is 1.69. The summed E-state index contributed by atoms with van der Waals surface area (Å²) in [6.45, 7) is 4.79. The van der Waals surface area contributed by atoms with Crippen molar-refractivity contribution in [1.29, 1.82) is 0 Å². The molecule has 2 rings (SSSR count). The number of hydrogen-bond acceptors (Lipinski definition) is 2. The maximum Gasteiger partial charge on any atom is 0.0235 e. The number of hydrogen-bond donors (Lipinski definition) is 1. The van der Waals surface area contributed by atoms with Crippen molar-refractivity contribution in [3.8, 4) is 0 Å². The molecule has 64 valence electrons. The van der Waals surface area contributed by atoms with E-state index in [9.17, 15) is 0 Å². The van der Waals surface area contributed by atoms with Gasteiger partial charge in [-0.05, 0) is 39.8 Å². The highest BCUT2D eigenvalue weighted by atomic mass is 15.2. The fourth-order valence-corrected chi connectivity index (χ4v) is 1.94. The van der Waals surface area contributed by atoms with E-state index in [1.165, 1.54) is 32.4 Å². The van der Waals surface area contributed by atoms with Crippen LogP contribution in [0.25, 0.3) is 0 Å². The van der Waals surface area contributed by atoms with E-state index in [-0.39, 0.29) is 0 Å². The highest BCUT2D eigenvalue weighted by Gasteiger charge is 2.44. The SMILES string of the molecule is CN(C1CCNC1)C1(C)CC1. The highest BCUT2D eigenvalue weighted by molar-refractivity contribution is 5.01. The topological polar surface area (TPSA) is 15.3 Å². The fourth-order valence-electron chi connectivity index (χ4n) is 1.94. The van der Waals surface area contributed by atoms with E-state index in [4.69, 9.17) is 0 Å². The monoisotopic (exact) mass is 154 g/mol. The number of likely N-dealkylation sites (N-methyl/N-ethyl adjacent to an activating group) is 1. The average Bonchev–Trinajstić information content (AvgIpc) is 2.54. The summed E-state index contributed by atoms with van der Waals surface area (Å²) in [6, 6.07) is 0.808. The molecule has 2 aliphatic rings. The number of rotatable bonds is 2. The van der Waals surface area contributed by atoms with Crippen molar-refractivity contribution in [3.05, 3.63) is 0 Å². The molecule has 1 N–H and O–H groups in total. The normalized spacial score (nSPS) is 34.6. The molecule has 1 saturated heterocycles. The summed E-state index contributed by atoms with van der Waals surface area (Å²) in [7, 11) is 2.28. The molecule has 2 heteroatoms. The second kappa shape index (κ2) is 2.46. The average molecular weight is 154 g/mol. The van der Waals surface area contributed by atoms with Gasteiger partial charge in [0.1, 0.15) is 0 Å². The maximum absolute atomic E-state index is 3.41. The van der Waals surface area contributed by atoms with E-state index in [0.29, 0.717) is 5.54 Å². The lowest BCUT2D eigenvalue weighted by Gasteiger charge is -2.30. The minimum absolute atomic E-state index is 0.566. The van der Waals surface area contributed by atoms with Gasteiger partial charge in [0, 0.05) is 18.1 Å². The molecule has 0 aromatic carbocycles. The Bertz CT molecular complexity index is 146. The van der Waals surface area contributed by atoms with Crippen molar-refractivity contribution in [2.75, 3.05) is 20.1 Å². The Morgan fingerprint density at radius 3 is 2.64 bits per heavy atom. The molecule has 0 spiro atoms. The van der Waals surface area contributed by atoms with E-state index < -0.39 is 0 Å². The second-order valence-electron chi connectivity index (χ2n) is 4.25. The third-order valence-corrected chi connectivity index (χ3v) is 3.41. The van der Waals surface area contributed by atoms with E-state index >= 15 is 0 Å². The lowest BCUT2D eigenvalue weighted by Crippen LogP contribution is -2.41. The third-order valence-electron chi connectivity index (χ3n) is 3.41. The Hall–Kier alpha value is -0.0800. The summed E-state index contributed by atoms with van der Waals surface area (Å²) in [5.41, 5.74) is 0.566. The van der Waals surface area contributed by atoms with Gasteiger partial charge in [-0.3, -0.25) is 4.90 Å². The van der Waals surface area contributed by atoms with Gasteiger partial charge in [-0.15, -0.1) is 0 Å². The first kappa shape index (κ1) is 7.56. The van der Waals surface area contributed by atoms with Crippen LogP contribution in [0.15, 0.2) is 0 Å². The first-order valence-electron chi connectivity index (χ1n) is 4.66. The summed E-state index contributed by atoms with van der Waals surface area (Å²) >= 11 is 0. The largest absolute Gasteiger partial charge is 0.315 e. The molecule has 1 aliphatic heterocycles. The first-order chi connectivity index (χ1) is 5.22. The van der Waals surface area contributed by atoms with Gasteiger partial charge >= 0.3 is 0 Å². The number of nitrogens with zero attached hydrogens (tertiary/aromatic N) is 1. The van der Waals surface area contributed by atoms with E-state index in [1.807, 2.05) is 0 Å². The Morgan fingerprint density at radius 2 is 2.18 bits per heavy atom. The number of nitrogens with one attached hydrogen (secondary N) is 1. The van der Waals surface area contributed by atoms with Crippen LogP contribution in [0.1, 0.15) is 26.2 Å². The van der Waals surface area contributed by atoms with Crippen molar-refractivity contribution >= 4 is 0 Å². The summed E-state index contributed by atoms with van der Waals surface area (Å²) in [6.07, 6.45) is 4.14. The Morgan fingerprint density at radius 1 is 1.45 bits per heavy atom. The molecule has 0 aromatic rings. The minimum Gasteiger partial charge on any atom is -0.315 e. The molecule has 1 unspecified atom stereocenters. The van der Waals surface area contributed by atoms with Gasteiger partial charge in [-0.25, -0.2) is 0 Å². The summed E-state index contributed by atoms with van der Waals surface area (Å²) in [4.78, 5) is 2.58. The first-order valence-corrected chi connectivity index (χ1v) is 4.66. The summed E-state index contributed by atoms with van der Waals surface area (Å²) < 4.78 is 0. The molecule has 11 heavy (non-hydrogen) atoms. The van der Waals surface area contributed by atoms with Gasteiger partial charge in [-0.1, -0.05) is 0 Å². The zero-order valence-electron chi connectivity index (χ0n) is 7.56. The van der Waals surface area contributed by atoms with Gasteiger partial charge in [0.25, 0.3) is 0 Å². The van der Waals surface area contributed by atoms with Crippen molar-refractivity contribution in [1.82, 2.24) is 10.2 Å². The van der Waals surface area contributed by atoms with Gasteiger partial charge in [-0.2, -0.15) is 0 Å². The summed E-state index contributed by atoms with van der Waals surface area (Å²) in [5.74, 6) is 0. The summed E-state index contributed by atoms with van der Waals surface area (Å²) in [5, 5.41) is 3.41. The van der Waals surface area contributed by atoms with Gasteiger partial charge in [0.05, 0.1) is 0 Å². The van der Waals surface area contributed by atoms with Gasteiger partial charge < -0.3 is 5.32 Å². The molecular weight excluding hydrogens is 136 g/mol. The predicted octanol–water partition coefficient (Wildman–Crippen LogP) is 0.833. The zero-order chi connectivity index (χ0) is 7.90. The molecule has 2 nitrogen and oxygen atoms in total. The highest BCUT2D eigenvalue weighted by Crippen LogP contribution is 2.41. The van der Waals surface area contributed by atoms with Crippen LogP contribution < -0.4 is 5.32 Å². The quantitative estimate of drug-likeness (QED) is 0.634. The molecular formula is C9H18N2. The fraction of sp³-hybridized carbons (Fsp3) is 1.00. The third kappa shape index (κ3) is 1.30. The molecule has 0 bridgehead atoms. The van der Waals surface area contributed by atoms with Crippen LogP contribution in [0.3, 0.4) is 0 Å². The molecule has 0 amide bonds. The van der Waals surface area contributed by atoms with Crippen LogP contribution in [0.4, 0.5) is 0 Å². The molecule has 2 fully saturated rings. The van der Waals surface area contributed by atoms with Crippen LogP contribution in [0.5, 0.6) is 0 Å². The van der Waals surface area contributed by atoms with E-state index in [1.54, 1.807) is 0 Å².